The molecular weight excluding hydrogens is 324 g/mol. The Hall–Kier alpha value is -2.15. The molecule has 1 aromatic heterocycles. The number of aromatic nitrogens is 2. The van der Waals surface area contributed by atoms with Crippen molar-refractivity contribution < 1.29 is 9.90 Å². The van der Waals surface area contributed by atoms with Crippen LogP contribution in [0.4, 0.5) is 10.8 Å². The summed E-state index contributed by atoms with van der Waals surface area (Å²) in [7, 11) is 0. The summed E-state index contributed by atoms with van der Waals surface area (Å²) >= 11 is 1.74. The van der Waals surface area contributed by atoms with Crippen LogP contribution in [0.5, 0.6) is 0 Å². The van der Waals surface area contributed by atoms with Gasteiger partial charge in [0, 0.05) is 30.7 Å². The monoisotopic (exact) mass is 344 g/mol. The average Bonchev–Trinajstić information content (AvgIpc) is 3.33. The second-order valence-corrected chi connectivity index (χ2v) is 7.48. The van der Waals surface area contributed by atoms with Crippen molar-refractivity contribution in [2.24, 2.45) is 0 Å². The molecule has 0 radical (unpaired) electrons. The van der Waals surface area contributed by atoms with Crippen LogP contribution in [0.2, 0.25) is 0 Å². The molecule has 0 spiro atoms. The lowest BCUT2D eigenvalue weighted by Gasteiger charge is -2.32. The highest BCUT2D eigenvalue weighted by atomic mass is 32.1. The van der Waals surface area contributed by atoms with Crippen LogP contribution in [0.1, 0.15) is 47.0 Å². The first kappa shape index (κ1) is 15.4. The minimum Gasteiger partial charge on any atom is -0.478 e. The number of carboxylic acids is 1. The number of rotatable bonds is 5. The van der Waals surface area contributed by atoms with E-state index < -0.39 is 5.97 Å². The first-order valence-corrected chi connectivity index (χ1v) is 9.19. The van der Waals surface area contributed by atoms with Gasteiger partial charge < -0.3 is 15.3 Å². The fourth-order valence-corrected chi connectivity index (χ4v) is 4.11. The third-order valence-electron chi connectivity index (χ3n) is 4.60. The molecule has 0 atom stereocenters. The Bertz CT molecular complexity index is 736. The van der Waals surface area contributed by atoms with Crippen LogP contribution in [0.15, 0.2) is 24.3 Å². The van der Waals surface area contributed by atoms with Crippen molar-refractivity contribution >= 4 is 28.1 Å². The lowest BCUT2D eigenvalue weighted by molar-refractivity contribution is 0.0697. The molecule has 6 nitrogen and oxygen atoms in total. The Labute approximate surface area is 144 Å². The van der Waals surface area contributed by atoms with Crippen molar-refractivity contribution in [2.75, 3.05) is 23.3 Å². The first-order valence-electron chi connectivity index (χ1n) is 8.37. The molecule has 2 fully saturated rings. The number of nitrogens with zero attached hydrogens (tertiary/aromatic N) is 3. The number of hydrogen-bond acceptors (Lipinski definition) is 6. The zero-order valence-electron chi connectivity index (χ0n) is 13.3. The molecule has 0 unspecified atom stereocenters. The largest absolute Gasteiger partial charge is 0.478 e. The molecule has 4 rings (SSSR count). The van der Waals surface area contributed by atoms with Crippen LogP contribution in [0, 0.1) is 0 Å². The predicted octanol–water partition coefficient (Wildman–Crippen LogP) is 3.19. The fraction of sp³-hybridized carbons (Fsp3) is 0.471. The van der Waals surface area contributed by atoms with Gasteiger partial charge in [-0.25, -0.2) is 4.79 Å². The van der Waals surface area contributed by atoms with E-state index in [0.29, 0.717) is 17.5 Å². The summed E-state index contributed by atoms with van der Waals surface area (Å²) in [5, 5.41) is 23.4. The van der Waals surface area contributed by atoms with Crippen molar-refractivity contribution in [3.8, 4) is 0 Å². The first-order chi connectivity index (χ1) is 11.7. The number of piperidine rings is 1. The Kier molecular flexibility index (Phi) is 4.10. The maximum atomic E-state index is 11.1. The van der Waals surface area contributed by atoms with Gasteiger partial charge in [-0.3, -0.25) is 0 Å². The lowest BCUT2D eigenvalue weighted by atomic mass is 10.0. The van der Waals surface area contributed by atoms with Gasteiger partial charge in [0.05, 0.1) is 5.56 Å². The standard InChI is InChI=1S/C17H20N4O2S/c22-16(23)12-2-1-3-14(10-12)18-13-6-8-21(9-7-13)17-20-19-15(24-17)11-4-5-11/h1-3,10-11,13,18H,4-9H2,(H,22,23). The van der Waals surface area contributed by atoms with Crippen LogP contribution in [0.25, 0.3) is 0 Å². The summed E-state index contributed by atoms with van der Waals surface area (Å²) in [5.74, 6) is -0.229. The normalized spacial score (nSPS) is 18.6. The molecule has 1 saturated carbocycles. The van der Waals surface area contributed by atoms with Gasteiger partial charge in [0.25, 0.3) is 0 Å². The molecule has 2 aromatic rings. The smallest absolute Gasteiger partial charge is 0.335 e. The van der Waals surface area contributed by atoms with Crippen molar-refractivity contribution in [3.05, 3.63) is 34.8 Å². The molecule has 2 heterocycles. The van der Waals surface area contributed by atoms with E-state index in [4.69, 9.17) is 5.11 Å². The summed E-state index contributed by atoms with van der Waals surface area (Å²) in [6.45, 7) is 1.91. The van der Waals surface area contributed by atoms with Gasteiger partial charge in [0.15, 0.2) is 0 Å². The average molecular weight is 344 g/mol. The van der Waals surface area contributed by atoms with Crippen molar-refractivity contribution in [1.82, 2.24) is 10.2 Å². The Morgan fingerprint density at radius 1 is 1.21 bits per heavy atom. The van der Waals surface area contributed by atoms with Gasteiger partial charge >= 0.3 is 5.97 Å². The molecule has 24 heavy (non-hydrogen) atoms. The van der Waals surface area contributed by atoms with E-state index in [0.717, 1.165) is 36.8 Å². The van der Waals surface area contributed by atoms with E-state index >= 15 is 0 Å². The third kappa shape index (κ3) is 3.36. The van der Waals surface area contributed by atoms with E-state index in [1.807, 2.05) is 6.07 Å². The summed E-state index contributed by atoms with van der Waals surface area (Å²) in [6.07, 6.45) is 4.54. The molecule has 7 heteroatoms. The SMILES string of the molecule is O=C(O)c1cccc(NC2CCN(c3nnc(C4CC4)s3)CC2)c1. The van der Waals surface area contributed by atoms with E-state index in [1.54, 1.807) is 29.5 Å². The molecule has 0 bridgehead atoms. The van der Waals surface area contributed by atoms with Crippen molar-refractivity contribution in [1.29, 1.82) is 0 Å². The maximum absolute atomic E-state index is 11.1. The van der Waals surface area contributed by atoms with Gasteiger partial charge in [0.1, 0.15) is 5.01 Å². The lowest BCUT2D eigenvalue weighted by Crippen LogP contribution is -2.39. The van der Waals surface area contributed by atoms with Crippen molar-refractivity contribution in [2.45, 2.75) is 37.6 Å². The van der Waals surface area contributed by atoms with Gasteiger partial charge in [-0.15, -0.1) is 10.2 Å². The van der Waals surface area contributed by atoms with Gasteiger partial charge in [-0.2, -0.15) is 0 Å². The van der Waals surface area contributed by atoms with E-state index in [2.05, 4.69) is 20.4 Å². The van der Waals surface area contributed by atoms with E-state index in [1.165, 1.54) is 17.8 Å². The van der Waals surface area contributed by atoms with Crippen LogP contribution >= 0.6 is 11.3 Å². The summed E-state index contributed by atoms with van der Waals surface area (Å²) in [4.78, 5) is 13.4. The number of carboxylic acid groups (broad SMARTS) is 1. The minimum atomic E-state index is -0.892. The summed E-state index contributed by atoms with van der Waals surface area (Å²) < 4.78 is 0. The van der Waals surface area contributed by atoms with Gasteiger partial charge in [-0.1, -0.05) is 17.4 Å². The van der Waals surface area contributed by atoms with Crippen LogP contribution < -0.4 is 10.2 Å². The number of benzene rings is 1. The van der Waals surface area contributed by atoms with Crippen LogP contribution in [-0.4, -0.2) is 40.4 Å². The highest BCUT2D eigenvalue weighted by Gasteiger charge is 2.29. The molecule has 1 aliphatic heterocycles. The predicted molar refractivity (Wildman–Crippen MR) is 94.1 cm³/mol. The molecule has 126 valence electrons. The third-order valence-corrected chi connectivity index (χ3v) is 5.75. The topological polar surface area (TPSA) is 78.4 Å². The molecule has 2 aliphatic rings. The quantitative estimate of drug-likeness (QED) is 0.867. The van der Waals surface area contributed by atoms with Crippen LogP contribution in [0.3, 0.4) is 0 Å². The highest BCUT2D eigenvalue weighted by Crippen LogP contribution is 2.42. The summed E-state index contributed by atoms with van der Waals surface area (Å²) in [6, 6.07) is 7.37. The maximum Gasteiger partial charge on any atom is 0.335 e. The second kappa shape index (κ2) is 6.39. The molecule has 2 N–H and O–H groups in total. The molecule has 1 aromatic carbocycles. The number of aromatic carboxylic acids is 1. The number of nitrogens with one attached hydrogen (secondary N) is 1. The molecular formula is C17H20N4O2S. The minimum absolute atomic E-state index is 0.318. The van der Waals surface area contributed by atoms with Crippen LogP contribution in [-0.2, 0) is 0 Å². The second-order valence-electron chi connectivity index (χ2n) is 6.49. The highest BCUT2D eigenvalue weighted by molar-refractivity contribution is 7.15. The van der Waals surface area contributed by atoms with E-state index in [-0.39, 0.29) is 0 Å². The summed E-state index contributed by atoms with van der Waals surface area (Å²) in [5.41, 5.74) is 1.19. The number of anilines is 2. The zero-order valence-corrected chi connectivity index (χ0v) is 14.1. The Morgan fingerprint density at radius 2 is 2.00 bits per heavy atom. The Balaban J connectivity index is 1.34. The molecule has 1 saturated heterocycles. The number of hydrogen-bond donors (Lipinski definition) is 2. The fourth-order valence-electron chi connectivity index (χ4n) is 3.04. The van der Waals surface area contributed by atoms with E-state index in [9.17, 15) is 4.79 Å². The Morgan fingerprint density at radius 3 is 2.71 bits per heavy atom. The van der Waals surface area contributed by atoms with Crippen molar-refractivity contribution in [3.63, 3.8) is 0 Å². The molecule has 1 aliphatic carbocycles. The van der Waals surface area contributed by atoms with Gasteiger partial charge in [-0.05, 0) is 43.9 Å². The van der Waals surface area contributed by atoms with Gasteiger partial charge in [0.2, 0.25) is 5.13 Å². The molecule has 0 amide bonds. The number of carbonyl (C=O) groups is 1. The zero-order chi connectivity index (χ0) is 16.5.